The molecule has 1 fully saturated rings. The van der Waals surface area contributed by atoms with Gasteiger partial charge >= 0.3 is 0 Å². The zero-order chi connectivity index (χ0) is 16.5. The molecular formula is C16H21N7O. The van der Waals surface area contributed by atoms with Gasteiger partial charge in [0.05, 0.1) is 5.69 Å². The smallest absolute Gasteiger partial charge is 0.176 e. The Morgan fingerprint density at radius 3 is 3.04 bits per heavy atom. The lowest BCUT2D eigenvalue weighted by molar-refractivity contribution is -0.0284. The number of rotatable bonds is 4. The normalized spacial score (nSPS) is 21.2. The summed E-state index contributed by atoms with van der Waals surface area (Å²) in [6, 6.07) is 5.89. The fourth-order valence-corrected chi connectivity index (χ4v) is 3.26. The van der Waals surface area contributed by atoms with Crippen LogP contribution in [0.25, 0.3) is 5.65 Å². The highest BCUT2D eigenvalue weighted by Gasteiger charge is 2.29. The molecule has 126 valence electrons. The molecular weight excluding hydrogens is 306 g/mol. The average Bonchev–Trinajstić information content (AvgIpc) is 3.17. The zero-order valence-electron chi connectivity index (χ0n) is 13.9. The van der Waals surface area contributed by atoms with Crippen LogP contribution in [-0.2, 0) is 11.8 Å². The van der Waals surface area contributed by atoms with E-state index in [2.05, 4.69) is 25.6 Å². The van der Waals surface area contributed by atoms with Crippen molar-refractivity contribution in [2.24, 2.45) is 13.0 Å². The monoisotopic (exact) mass is 327 g/mol. The maximum Gasteiger partial charge on any atom is 0.176 e. The first-order chi connectivity index (χ1) is 11.7. The van der Waals surface area contributed by atoms with E-state index < -0.39 is 0 Å². The zero-order valence-corrected chi connectivity index (χ0v) is 13.9. The van der Waals surface area contributed by atoms with Gasteiger partial charge in [-0.2, -0.15) is 5.10 Å². The van der Waals surface area contributed by atoms with E-state index >= 15 is 0 Å². The molecule has 0 spiro atoms. The van der Waals surface area contributed by atoms with Crippen molar-refractivity contribution in [2.75, 3.05) is 18.5 Å². The molecule has 0 saturated carbocycles. The Bertz CT molecular complexity index is 840. The molecule has 1 N–H and O–H groups in total. The second-order valence-corrected chi connectivity index (χ2v) is 6.18. The summed E-state index contributed by atoms with van der Waals surface area (Å²) in [5.74, 6) is 1.89. The molecule has 0 unspecified atom stereocenters. The Balaban J connectivity index is 1.49. The Morgan fingerprint density at radius 1 is 1.29 bits per heavy atom. The number of anilines is 1. The van der Waals surface area contributed by atoms with Crippen LogP contribution in [0.3, 0.4) is 0 Å². The number of aryl methyl sites for hydroxylation is 2. The third kappa shape index (κ3) is 2.84. The first-order valence-electron chi connectivity index (χ1n) is 8.25. The Morgan fingerprint density at radius 2 is 2.21 bits per heavy atom. The molecule has 1 aliphatic heterocycles. The van der Waals surface area contributed by atoms with Crippen LogP contribution in [-0.4, -0.2) is 42.7 Å². The van der Waals surface area contributed by atoms with E-state index in [0.717, 1.165) is 49.0 Å². The SMILES string of the molecule is Cc1nc2ccc(NC[C@@H]3CCCO[C@H]3c3ccnn3C)nn2n1. The van der Waals surface area contributed by atoms with Gasteiger partial charge in [-0.25, -0.2) is 4.98 Å². The molecule has 2 atom stereocenters. The number of ether oxygens (including phenoxy) is 1. The first-order valence-corrected chi connectivity index (χ1v) is 8.25. The van der Waals surface area contributed by atoms with Gasteiger partial charge in [0.2, 0.25) is 0 Å². The lowest BCUT2D eigenvalue weighted by atomic mass is 9.92. The molecule has 24 heavy (non-hydrogen) atoms. The van der Waals surface area contributed by atoms with Gasteiger partial charge in [0.15, 0.2) is 5.65 Å². The molecule has 8 heteroatoms. The van der Waals surface area contributed by atoms with Crippen molar-refractivity contribution in [1.29, 1.82) is 0 Å². The molecule has 3 aromatic rings. The molecule has 3 aromatic heterocycles. The number of nitrogens with zero attached hydrogens (tertiary/aromatic N) is 6. The quantitative estimate of drug-likeness (QED) is 0.786. The largest absolute Gasteiger partial charge is 0.372 e. The molecule has 4 rings (SSSR count). The lowest BCUT2D eigenvalue weighted by Gasteiger charge is -2.32. The van der Waals surface area contributed by atoms with E-state index in [1.165, 1.54) is 0 Å². The van der Waals surface area contributed by atoms with E-state index in [0.29, 0.717) is 5.92 Å². The molecule has 0 radical (unpaired) electrons. The summed E-state index contributed by atoms with van der Waals surface area (Å²) in [5.41, 5.74) is 1.88. The van der Waals surface area contributed by atoms with Gasteiger partial charge in [0.25, 0.3) is 0 Å². The summed E-state index contributed by atoms with van der Waals surface area (Å²) in [6.07, 6.45) is 4.08. The summed E-state index contributed by atoms with van der Waals surface area (Å²) >= 11 is 0. The molecule has 0 aromatic carbocycles. The van der Waals surface area contributed by atoms with Crippen molar-refractivity contribution in [3.05, 3.63) is 35.9 Å². The molecule has 0 aliphatic carbocycles. The van der Waals surface area contributed by atoms with Gasteiger partial charge in [-0.3, -0.25) is 4.68 Å². The second-order valence-electron chi connectivity index (χ2n) is 6.18. The number of nitrogens with one attached hydrogen (secondary N) is 1. The second kappa shape index (κ2) is 6.20. The summed E-state index contributed by atoms with van der Waals surface area (Å²) < 4.78 is 9.49. The summed E-state index contributed by atoms with van der Waals surface area (Å²) in [7, 11) is 1.96. The number of hydrogen-bond donors (Lipinski definition) is 1. The van der Waals surface area contributed by atoms with E-state index in [9.17, 15) is 0 Å². The standard InChI is InChI=1S/C16H21N7O/c1-11-19-15-6-5-14(21-23(15)20-11)17-10-12-4-3-9-24-16(12)13-7-8-18-22(13)2/h5-8,12,16H,3-4,9-10H2,1-2H3,(H,17,21)/t12-,16+/m0/s1. The molecule has 8 nitrogen and oxygen atoms in total. The van der Waals surface area contributed by atoms with Crippen molar-refractivity contribution < 1.29 is 4.74 Å². The lowest BCUT2D eigenvalue weighted by Crippen LogP contribution is -2.29. The van der Waals surface area contributed by atoms with Crippen LogP contribution in [0.2, 0.25) is 0 Å². The van der Waals surface area contributed by atoms with Crippen molar-refractivity contribution in [3.8, 4) is 0 Å². The molecule has 1 saturated heterocycles. The minimum absolute atomic E-state index is 0.0658. The summed E-state index contributed by atoms with van der Waals surface area (Å²) in [6.45, 7) is 3.45. The van der Waals surface area contributed by atoms with Crippen molar-refractivity contribution in [2.45, 2.75) is 25.9 Å². The van der Waals surface area contributed by atoms with Gasteiger partial charge in [0, 0.05) is 32.3 Å². The Hall–Kier alpha value is -2.48. The van der Waals surface area contributed by atoms with Crippen molar-refractivity contribution >= 4 is 11.5 Å². The summed E-state index contributed by atoms with van der Waals surface area (Å²) in [5, 5.41) is 16.4. The Kier molecular flexibility index (Phi) is 3.89. The third-order valence-corrected chi connectivity index (χ3v) is 4.45. The summed E-state index contributed by atoms with van der Waals surface area (Å²) in [4.78, 5) is 4.29. The van der Waals surface area contributed by atoms with Crippen molar-refractivity contribution in [3.63, 3.8) is 0 Å². The van der Waals surface area contributed by atoms with E-state index in [-0.39, 0.29) is 6.10 Å². The topological polar surface area (TPSA) is 82.2 Å². The number of fused-ring (bicyclic) bond motifs is 1. The molecule has 4 heterocycles. The highest BCUT2D eigenvalue weighted by Crippen LogP contribution is 2.33. The highest BCUT2D eigenvalue weighted by atomic mass is 16.5. The predicted octanol–water partition coefficient (Wildman–Crippen LogP) is 1.75. The minimum atomic E-state index is 0.0658. The Labute approximate surface area is 139 Å². The number of hydrogen-bond acceptors (Lipinski definition) is 6. The fraction of sp³-hybridized carbons (Fsp3) is 0.500. The molecule has 0 bridgehead atoms. The van der Waals surface area contributed by atoms with Gasteiger partial charge in [0.1, 0.15) is 17.7 Å². The van der Waals surface area contributed by atoms with Crippen LogP contribution in [0.15, 0.2) is 24.4 Å². The maximum absolute atomic E-state index is 6.03. The van der Waals surface area contributed by atoms with Crippen LogP contribution < -0.4 is 5.32 Å². The average molecular weight is 327 g/mol. The van der Waals surface area contributed by atoms with Gasteiger partial charge in [-0.1, -0.05) is 0 Å². The number of aromatic nitrogens is 6. The molecule has 0 amide bonds. The van der Waals surface area contributed by atoms with E-state index in [4.69, 9.17) is 4.74 Å². The van der Waals surface area contributed by atoms with Crippen LogP contribution in [0, 0.1) is 12.8 Å². The third-order valence-electron chi connectivity index (χ3n) is 4.45. The first kappa shape index (κ1) is 15.1. The van der Waals surface area contributed by atoms with E-state index in [1.807, 2.05) is 43.0 Å². The van der Waals surface area contributed by atoms with Crippen LogP contribution >= 0.6 is 0 Å². The maximum atomic E-state index is 6.03. The minimum Gasteiger partial charge on any atom is -0.372 e. The van der Waals surface area contributed by atoms with Gasteiger partial charge in [-0.05, 0) is 38.0 Å². The van der Waals surface area contributed by atoms with Crippen LogP contribution in [0.4, 0.5) is 5.82 Å². The van der Waals surface area contributed by atoms with Crippen LogP contribution in [0.1, 0.15) is 30.5 Å². The molecule has 1 aliphatic rings. The van der Waals surface area contributed by atoms with Crippen LogP contribution in [0.5, 0.6) is 0 Å². The van der Waals surface area contributed by atoms with E-state index in [1.54, 1.807) is 4.63 Å². The fourth-order valence-electron chi connectivity index (χ4n) is 3.26. The van der Waals surface area contributed by atoms with Crippen molar-refractivity contribution in [1.82, 2.24) is 29.6 Å². The predicted molar refractivity (Wildman–Crippen MR) is 88.6 cm³/mol. The highest BCUT2D eigenvalue weighted by molar-refractivity contribution is 5.43. The van der Waals surface area contributed by atoms with Gasteiger partial charge in [-0.15, -0.1) is 14.8 Å². The van der Waals surface area contributed by atoms with Gasteiger partial charge < -0.3 is 10.1 Å².